The Hall–Kier alpha value is -2.40. The van der Waals surface area contributed by atoms with E-state index in [2.05, 4.69) is 5.32 Å². The van der Waals surface area contributed by atoms with Gasteiger partial charge in [-0.2, -0.15) is 0 Å². The van der Waals surface area contributed by atoms with Crippen molar-refractivity contribution < 1.29 is 19.0 Å². The van der Waals surface area contributed by atoms with Crippen LogP contribution >= 0.6 is 11.6 Å². The number of para-hydroxylation sites is 1. The molecule has 0 saturated heterocycles. The van der Waals surface area contributed by atoms with Gasteiger partial charge in [-0.3, -0.25) is 4.79 Å². The summed E-state index contributed by atoms with van der Waals surface area (Å²) in [7, 11) is 3.16. The molecule has 2 rings (SSSR count). The first-order valence-electron chi connectivity index (χ1n) is 8.43. The van der Waals surface area contributed by atoms with Gasteiger partial charge in [0, 0.05) is 0 Å². The Kier molecular flexibility index (Phi) is 7.16. The second-order valence-corrected chi connectivity index (χ2v) is 6.20. The molecule has 6 heteroatoms. The highest BCUT2D eigenvalue weighted by Gasteiger charge is 2.22. The lowest BCUT2D eigenvalue weighted by atomic mass is 10.1. The monoisotopic (exact) mass is 377 g/mol. The van der Waals surface area contributed by atoms with E-state index in [4.69, 9.17) is 25.8 Å². The molecule has 0 saturated carbocycles. The predicted octanol–water partition coefficient (Wildman–Crippen LogP) is 4.39. The van der Waals surface area contributed by atoms with E-state index in [0.29, 0.717) is 28.7 Å². The van der Waals surface area contributed by atoms with E-state index in [0.717, 1.165) is 5.56 Å². The summed E-state index contributed by atoms with van der Waals surface area (Å²) in [5.41, 5.74) is 0.906. The number of carbonyl (C=O) groups excluding carboxylic acids is 1. The molecule has 0 fully saturated rings. The minimum Gasteiger partial charge on any atom is -0.493 e. The number of hydrogen-bond donors (Lipinski definition) is 1. The summed E-state index contributed by atoms with van der Waals surface area (Å²) in [6.07, 6.45) is -0.104. The number of halogens is 1. The van der Waals surface area contributed by atoms with E-state index in [1.165, 1.54) is 0 Å². The van der Waals surface area contributed by atoms with Crippen LogP contribution < -0.4 is 19.5 Å². The normalized spacial score (nSPS) is 12.8. The zero-order valence-corrected chi connectivity index (χ0v) is 16.2. The van der Waals surface area contributed by atoms with Gasteiger partial charge >= 0.3 is 0 Å². The maximum atomic E-state index is 12.6. The Morgan fingerprint density at radius 2 is 1.77 bits per heavy atom. The van der Waals surface area contributed by atoms with Crippen molar-refractivity contribution in [1.29, 1.82) is 0 Å². The highest BCUT2D eigenvalue weighted by molar-refractivity contribution is 6.32. The Balaban J connectivity index is 2.08. The third-order valence-electron chi connectivity index (χ3n) is 4.04. The van der Waals surface area contributed by atoms with Crippen LogP contribution in [0.2, 0.25) is 5.02 Å². The molecule has 26 heavy (non-hydrogen) atoms. The van der Waals surface area contributed by atoms with Crippen molar-refractivity contribution in [2.24, 2.45) is 0 Å². The average molecular weight is 378 g/mol. The number of ether oxygens (including phenoxy) is 3. The van der Waals surface area contributed by atoms with Crippen LogP contribution in [0.5, 0.6) is 17.2 Å². The van der Waals surface area contributed by atoms with Crippen molar-refractivity contribution in [2.45, 2.75) is 32.4 Å². The quantitative estimate of drug-likeness (QED) is 0.741. The summed E-state index contributed by atoms with van der Waals surface area (Å²) >= 11 is 6.11. The molecule has 5 nitrogen and oxygen atoms in total. The highest BCUT2D eigenvalue weighted by atomic mass is 35.5. The molecule has 2 atom stereocenters. The molecular weight excluding hydrogens is 354 g/mol. The largest absolute Gasteiger partial charge is 0.493 e. The molecule has 0 heterocycles. The van der Waals surface area contributed by atoms with Gasteiger partial charge in [0.1, 0.15) is 5.75 Å². The topological polar surface area (TPSA) is 56.8 Å². The summed E-state index contributed by atoms with van der Waals surface area (Å²) in [6.45, 7) is 3.80. The van der Waals surface area contributed by atoms with Gasteiger partial charge in [0.05, 0.1) is 25.3 Å². The SMILES string of the molecule is CC[C@H](Oc1ccccc1Cl)C(=O)N[C@H](C)c1ccc(OC)c(OC)c1. The summed E-state index contributed by atoms with van der Waals surface area (Å²) in [6, 6.07) is 12.4. The van der Waals surface area contributed by atoms with Crippen molar-refractivity contribution in [3.8, 4) is 17.2 Å². The van der Waals surface area contributed by atoms with Gasteiger partial charge in [-0.25, -0.2) is 0 Å². The molecule has 0 aliphatic rings. The summed E-state index contributed by atoms with van der Waals surface area (Å²) in [5, 5.41) is 3.45. The fourth-order valence-electron chi connectivity index (χ4n) is 2.53. The summed E-state index contributed by atoms with van der Waals surface area (Å²) in [5.74, 6) is 1.55. The number of amides is 1. The molecule has 0 spiro atoms. The van der Waals surface area contributed by atoms with Crippen LogP contribution in [0.4, 0.5) is 0 Å². The first-order chi connectivity index (χ1) is 12.5. The van der Waals surface area contributed by atoms with Crippen LogP contribution in [0.25, 0.3) is 0 Å². The number of benzene rings is 2. The van der Waals surface area contributed by atoms with Gasteiger partial charge in [0.15, 0.2) is 17.6 Å². The molecule has 0 bridgehead atoms. The Morgan fingerprint density at radius 1 is 1.08 bits per heavy atom. The van der Waals surface area contributed by atoms with Gasteiger partial charge < -0.3 is 19.5 Å². The fourth-order valence-corrected chi connectivity index (χ4v) is 2.71. The Bertz CT molecular complexity index is 750. The molecule has 0 unspecified atom stereocenters. The molecule has 0 aliphatic carbocycles. The van der Waals surface area contributed by atoms with Crippen molar-refractivity contribution in [3.05, 3.63) is 53.1 Å². The average Bonchev–Trinajstić information content (AvgIpc) is 2.66. The van der Waals surface area contributed by atoms with Crippen LogP contribution in [0.3, 0.4) is 0 Å². The highest BCUT2D eigenvalue weighted by Crippen LogP contribution is 2.30. The third kappa shape index (κ3) is 4.82. The Labute approximate surface area is 159 Å². The van der Waals surface area contributed by atoms with Crippen molar-refractivity contribution in [3.63, 3.8) is 0 Å². The van der Waals surface area contributed by atoms with Gasteiger partial charge in [-0.15, -0.1) is 0 Å². The van der Waals surface area contributed by atoms with E-state index in [1.807, 2.05) is 44.2 Å². The van der Waals surface area contributed by atoms with Crippen LogP contribution in [0.15, 0.2) is 42.5 Å². The first kappa shape index (κ1) is 19.9. The van der Waals surface area contributed by atoms with Crippen molar-refractivity contribution in [2.75, 3.05) is 14.2 Å². The molecular formula is C20H24ClNO4. The predicted molar refractivity (Wildman–Crippen MR) is 102 cm³/mol. The van der Waals surface area contributed by atoms with Crippen LogP contribution in [-0.4, -0.2) is 26.2 Å². The second-order valence-electron chi connectivity index (χ2n) is 5.79. The minimum atomic E-state index is -0.627. The van der Waals surface area contributed by atoms with E-state index in [-0.39, 0.29) is 11.9 Å². The van der Waals surface area contributed by atoms with E-state index in [1.54, 1.807) is 26.4 Å². The number of rotatable bonds is 8. The number of hydrogen-bond acceptors (Lipinski definition) is 4. The lowest BCUT2D eigenvalue weighted by Gasteiger charge is -2.21. The summed E-state index contributed by atoms with van der Waals surface area (Å²) < 4.78 is 16.3. The van der Waals surface area contributed by atoms with Gasteiger partial charge in [0.25, 0.3) is 5.91 Å². The standard InChI is InChI=1S/C20H24ClNO4/c1-5-16(26-17-9-7-6-8-15(17)21)20(23)22-13(2)14-10-11-18(24-3)19(12-14)25-4/h6-13,16H,5H2,1-4H3,(H,22,23)/t13-,16+/m1/s1. The van der Waals surface area contributed by atoms with Crippen molar-refractivity contribution >= 4 is 17.5 Å². The molecule has 2 aromatic carbocycles. The Morgan fingerprint density at radius 3 is 2.38 bits per heavy atom. The van der Waals surface area contributed by atoms with Crippen LogP contribution in [0.1, 0.15) is 31.9 Å². The molecule has 0 aliphatic heterocycles. The fraction of sp³-hybridized carbons (Fsp3) is 0.350. The maximum Gasteiger partial charge on any atom is 0.261 e. The lowest BCUT2D eigenvalue weighted by Crippen LogP contribution is -2.39. The number of nitrogens with one attached hydrogen (secondary N) is 1. The number of carbonyl (C=O) groups is 1. The third-order valence-corrected chi connectivity index (χ3v) is 4.35. The second kappa shape index (κ2) is 9.34. The van der Waals surface area contributed by atoms with E-state index in [9.17, 15) is 4.79 Å². The molecule has 2 aromatic rings. The smallest absolute Gasteiger partial charge is 0.261 e. The van der Waals surface area contributed by atoms with E-state index >= 15 is 0 Å². The molecule has 1 amide bonds. The van der Waals surface area contributed by atoms with Crippen molar-refractivity contribution in [1.82, 2.24) is 5.32 Å². The van der Waals surface area contributed by atoms with Gasteiger partial charge in [0.2, 0.25) is 0 Å². The molecule has 140 valence electrons. The van der Waals surface area contributed by atoms with Gasteiger partial charge in [-0.1, -0.05) is 36.7 Å². The summed E-state index contributed by atoms with van der Waals surface area (Å²) in [4.78, 5) is 12.6. The van der Waals surface area contributed by atoms with Crippen LogP contribution in [-0.2, 0) is 4.79 Å². The zero-order chi connectivity index (χ0) is 19.1. The minimum absolute atomic E-state index is 0.199. The molecule has 1 N–H and O–H groups in total. The molecule has 0 aromatic heterocycles. The number of methoxy groups -OCH3 is 2. The zero-order valence-electron chi connectivity index (χ0n) is 15.4. The lowest BCUT2D eigenvalue weighted by molar-refractivity contribution is -0.128. The van der Waals surface area contributed by atoms with Crippen LogP contribution in [0, 0.1) is 0 Å². The molecule has 0 radical (unpaired) electrons. The first-order valence-corrected chi connectivity index (χ1v) is 8.81. The maximum absolute atomic E-state index is 12.6. The van der Waals surface area contributed by atoms with E-state index < -0.39 is 6.10 Å². The van der Waals surface area contributed by atoms with Gasteiger partial charge in [-0.05, 0) is 43.2 Å².